The molecule has 224 valence electrons. The molecule has 3 aliphatic rings. The topological polar surface area (TPSA) is 90.4 Å². The molecule has 9 heteroatoms. The third-order valence-corrected chi connectivity index (χ3v) is 9.85. The molecule has 3 unspecified atom stereocenters. The van der Waals surface area contributed by atoms with Crippen LogP contribution in [0.25, 0.3) is 0 Å². The molecule has 3 saturated heterocycles. The van der Waals surface area contributed by atoms with Crippen LogP contribution in [-0.2, 0) is 19.1 Å². The number of anilines is 1. The van der Waals surface area contributed by atoms with E-state index in [1.165, 1.54) is 0 Å². The van der Waals surface area contributed by atoms with Crippen LogP contribution in [0.1, 0.15) is 44.7 Å². The Hall–Kier alpha value is -2.49. The Kier molecular flexibility index (Phi) is 9.51. The Morgan fingerprint density at radius 3 is 2.37 bits per heavy atom. The summed E-state index contributed by atoms with van der Waals surface area (Å²) in [6, 6.07) is 4.23. The first-order chi connectivity index (χ1) is 19.5. The van der Waals surface area contributed by atoms with Crippen molar-refractivity contribution < 1.29 is 24.2 Å². The van der Waals surface area contributed by atoms with Crippen molar-refractivity contribution in [3.8, 4) is 0 Å². The molecule has 0 aliphatic carbocycles. The van der Waals surface area contributed by atoms with E-state index in [2.05, 4.69) is 29.1 Å². The number of nitrogens with zero attached hydrogens (tertiary/aromatic N) is 3. The van der Waals surface area contributed by atoms with E-state index in [1.807, 2.05) is 52.8 Å². The number of alkyl halides is 1. The number of likely N-dealkylation sites (tertiary alicyclic amines) is 1. The monoisotopic (exact) mass is 629 g/mol. The molecule has 3 fully saturated rings. The van der Waals surface area contributed by atoms with E-state index in [1.54, 1.807) is 26.9 Å². The first-order valence-corrected chi connectivity index (χ1v) is 15.5. The minimum Gasteiger partial charge on any atom is -0.394 e. The normalized spacial score (nSPS) is 29.0. The standard InChI is InChI=1S/C32H44BrN3O5/c1-8-14-34(15-9-2)29(38)24-25-30(39)36(23(18-37)19(4)5)28(32(25)17-22(33)27(24)41-32)31(40)35(16-10-3)26-20(6)12-11-13-21(26)7/h8,10-13,19,22-25,27-28,37H,1,3,9,14-18H2,2,4-7H3/t22?,23-,24+,25-,27+,28?,32?/m0/s1. The SMILES string of the molecule is C=CCN(CCC)C(=O)[C@H]1[C@@H]2OC3(CC2Br)C(C(=O)N(CC=C)c2c(C)cccc2C)N([C@@H](CO)C(C)C)C(=O)[C@H]13. The maximum Gasteiger partial charge on any atom is 0.253 e. The molecule has 3 aliphatic heterocycles. The van der Waals surface area contributed by atoms with E-state index in [0.717, 1.165) is 23.2 Å². The first kappa shape index (κ1) is 31.4. The van der Waals surface area contributed by atoms with Crippen molar-refractivity contribution in [3.63, 3.8) is 0 Å². The summed E-state index contributed by atoms with van der Waals surface area (Å²) in [6.07, 6.45) is 3.99. The van der Waals surface area contributed by atoms with E-state index < -0.39 is 35.6 Å². The Morgan fingerprint density at radius 2 is 1.83 bits per heavy atom. The van der Waals surface area contributed by atoms with Crippen LogP contribution in [0.4, 0.5) is 5.69 Å². The zero-order valence-electron chi connectivity index (χ0n) is 24.9. The van der Waals surface area contributed by atoms with E-state index in [9.17, 15) is 19.5 Å². The highest BCUT2D eigenvalue weighted by Crippen LogP contribution is 2.61. The maximum atomic E-state index is 14.9. The minimum absolute atomic E-state index is 0.133. The Morgan fingerprint density at radius 1 is 1.20 bits per heavy atom. The van der Waals surface area contributed by atoms with Crippen LogP contribution in [0.2, 0.25) is 0 Å². The number of hydrogen-bond donors (Lipinski definition) is 1. The van der Waals surface area contributed by atoms with Crippen LogP contribution in [0.15, 0.2) is 43.5 Å². The van der Waals surface area contributed by atoms with Gasteiger partial charge >= 0.3 is 0 Å². The number of aliphatic hydroxyl groups is 1. The molecule has 0 radical (unpaired) electrons. The predicted octanol–water partition coefficient (Wildman–Crippen LogP) is 4.01. The minimum atomic E-state index is -1.21. The molecule has 1 aromatic rings. The van der Waals surface area contributed by atoms with Crippen molar-refractivity contribution in [1.82, 2.24) is 9.80 Å². The molecule has 1 spiro atoms. The van der Waals surface area contributed by atoms with Gasteiger partial charge in [-0.05, 0) is 43.7 Å². The average molecular weight is 631 g/mol. The lowest BCUT2D eigenvalue weighted by Crippen LogP contribution is -2.60. The molecule has 4 rings (SSSR count). The van der Waals surface area contributed by atoms with Crippen LogP contribution < -0.4 is 4.90 Å². The zero-order chi connectivity index (χ0) is 30.2. The highest BCUT2D eigenvalue weighted by molar-refractivity contribution is 9.09. The van der Waals surface area contributed by atoms with Gasteiger partial charge in [-0.25, -0.2) is 0 Å². The van der Waals surface area contributed by atoms with Crippen LogP contribution in [-0.4, -0.2) is 87.5 Å². The number of ether oxygens (including phenoxy) is 1. The van der Waals surface area contributed by atoms with Crippen LogP contribution in [0.5, 0.6) is 0 Å². The number of hydrogen-bond acceptors (Lipinski definition) is 5. The highest BCUT2D eigenvalue weighted by Gasteiger charge is 2.77. The number of rotatable bonds is 12. The molecule has 41 heavy (non-hydrogen) atoms. The molecule has 0 saturated carbocycles. The molecule has 3 amide bonds. The van der Waals surface area contributed by atoms with Crippen LogP contribution in [0, 0.1) is 31.6 Å². The van der Waals surface area contributed by atoms with Gasteiger partial charge in [0, 0.05) is 30.1 Å². The molecular weight excluding hydrogens is 586 g/mol. The Labute approximate surface area is 252 Å². The molecule has 3 heterocycles. The van der Waals surface area contributed by atoms with Crippen molar-refractivity contribution in [2.24, 2.45) is 17.8 Å². The van der Waals surface area contributed by atoms with Gasteiger partial charge in [-0.1, -0.05) is 67.1 Å². The van der Waals surface area contributed by atoms with Gasteiger partial charge in [0.15, 0.2) is 0 Å². The fourth-order valence-electron chi connectivity index (χ4n) is 7.33. The molecule has 2 bridgehead atoms. The second-order valence-electron chi connectivity index (χ2n) is 12.0. The first-order valence-electron chi connectivity index (χ1n) is 14.6. The van der Waals surface area contributed by atoms with Crippen molar-refractivity contribution in [3.05, 3.63) is 54.6 Å². The van der Waals surface area contributed by atoms with E-state index >= 15 is 0 Å². The largest absolute Gasteiger partial charge is 0.394 e. The van der Waals surface area contributed by atoms with Gasteiger partial charge in [-0.2, -0.15) is 0 Å². The molecule has 7 atom stereocenters. The summed E-state index contributed by atoms with van der Waals surface area (Å²) in [6.45, 7) is 18.3. The van der Waals surface area contributed by atoms with Gasteiger partial charge < -0.3 is 24.5 Å². The van der Waals surface area contributed by atoms with E-state index in [-0.39, 0.29) is 41.6 Å². The fraction of sp³-hybridized carbons (Fsp3) is 0.594. The average Bonchev–Trinajstić information content (AvgIpc) is 3.51. The number of aliphatic hydroxyl groups excluding tert-OH is 1. The predicted molar refractivity (Wildman–Crippen MR) is 164 cm³/mol. The Bertz CT molecular complexity index is 1180. The van der Waals surface area contributed by atoms with Gasteiger partial charge in [0.05, 0.1) is 30.6 Å². The second-order valence-corrected chi connectivity index (χ2v) is 13.1. The van der Waals surface area contributed by atoms with Crippen molar-refractivity contribution in [2.45, 2.75) is 76.1 Å². The smallest absolute Gasteiger partial charge is 0.253 e. The highest BCUT2D eigenvalue weighted by atomic mass is 79.9. The number of aryl methyl sites for hydroxylation is 2. The van der Waals surface area contributed by atoms with Crippen LogP contribution in [0.3, 0.4) is 0 Å². The van der Waals surface area contributed by atoms with Gasteiger partial charge in [-0.15, -0.1) is 13.2 Å². The fourth-order valence-corrected chi connectivity index (χ4v) is 8.28. The summed E-state index contributed by atoms with van der Waals surface area (Å²) in [7, 11) is 0. The third-order valence-electron chi connectivity index (χ3n) is 9.00. The Balaban J connectivity index is 1.89. The van der Waals surface area contributed by atoms with Gasteiger partial charge in [0.25, 0.3) is 5.91 Å². The van der Waals surface area contributed by atoms with Crippen molar-refractivity contribution >= 4 is 39.3 Å². The molecule has 1 N–H and O–H groups in total. The lowest BCUT2D eigenvalue weighted by Gasteiger charge is -2.41. The maximum absolute atomic E-state index is 14.9. The third kappa shape index (κ3) is 5.08. The second kappa shape index (κ2) is 12.4. The van der Waals surface area contributed by atoms with Crippen molar-refractivity contribution in [2.75, 3.05) is 31.1 Å². The summed E-state index contributed by atoms with van der Waals surface area (Å²) < 4.78 is 6.73. The van der Waals surface area contributed by atoms with Gasteiger partial charge in [0.1, 0.15) is 11.6 Å². The number of carbonyl (C=O) groups excluding carboxylic acids is 3. The number of amides is 3. The lowest BCUT2D eigenvalue weighted by atomic mass is 9.70. The lowest BCUT2D eigenvalue weighted by molar-refractivity contribution is -0.148. The molecular formula is C32H44BrN3O5. The summed E-state index contributed by atoms with van der Waals surface area (Å²) >= 11 is 3.76. The van der Waals surface area contributed by atoms with E-state index in [0.29, 0.717) is 19.5 Å². The quantitative estimate of drug-likeness (QED) is 0.279. The van der Waals surface area contributed by atoms with E-state index in [4.69, 9.17) is 4.74 Å². The molecule has 8 nitrogen and oxygen atoms in total. The number of para-hydroxylation sites is 1. The summed E-state index contributed by atoms with van der Waals surface area (Å²) in [5, 5.41) is 10.5. The number of halogens is 1. The molecule has 1 aromatic carbocycles. The summed E-state index contributed by atoms with van der Waals surface area (Å²) in [5.41, 5.74) is 1.41. The molecule has 0 aromatic heterocycles. The van der Waals surface area contributed by atoms with Gasteiger partial charge in [0.2, 0.25) is 11.8 Å². The zero-order valence-corrected chi connectivity index (χ0v) is 26.5. The van der Waals surface area contributed by atoms with Crippen LogP contribution >= 0.6 is 15.9 Å². The van der Waals surface area contributed by atoms with Gasteiger partial charge in [-0.3, -0.25) is 14.4 Å². The number of benzene rings is 1. The number of fused-ring (bicyclic) bond motifs is 1. The number of carbonyl (C=O) groups is 3. The summed E-state index contributed by atoms with van der Waals surface area (Å²) in [4.78, 5) is 48.3. The van der Waals surface area contributed by atoms with Crippen molar-refractivity contribution in [1.29, 1.82) is 0 Å². The summed E-state index contributed by atoms with van der Waals surface area (Å²) in [5.74, 6) is -2.45.